The molecule has 0 heterocycles. The number of benzene rings is 1. The van der Waals surface area contributed by atoms with Crippen molar-refractivity contribution >= 4 is 18.4 Å². The van der Waals surface area contributed by atoms with Gasteiger partial charge in [0.25, 0.3) is 6.47 Å². The van der Waals surface area contributed by atoms with Crippen LogP contribution in [0.1, 0.15) is 20.7 Å². The van der Waals surface area contributed by atoms with Crippen LogP contribution in [0.25, 0.3) is 0 Å². The molecule has 0 saturated carbocycles. The van der Waals surface area contributed by atoms with Crippen LogP contribution in [-0.2, 0) is 14.3 Å². The Labute approximate surface area is 97.1 Å². The Morgan fingerprint density at radius 3 is 2.29 bits per heavy atom. The molecule has 0 bridgehead atoms. The number of carbonyl (C=O) groups excluding carboxylic acids is 3. The topological polar surface area (TPSA) is 78.9 Å². The van der Waals surface area contributed by atoms with Gasteiger partial charge < -0.3 is 14.2 Å². The van der Waals surface area contributed by atoms with Crippen LogP contribution in [0.5, 0.6) is 5.75 Å². The maximum atomic E-state index is 11.4. The van der Waals surface area contributed by atoms with Gasteiger partial charge >= 0.3 is 11.9 Å². The quantitative estimate of drug-likeness (QED) is 0.570. The molecule has 90 valence electrons. The van der Waals surface area contributed by atoms with Crippen LogP contribution >= 0.6 is 0 Å². The number of esters is 2. The van der Waals surface area contributed by atoms with Crippen molar-refractivity contribution in [2.45, 2.75) is 0 Å². The van der Waals surface area contributed by atoms with Gasteiger partial charge in [0, 0.05) is 0 Å². The molecular formula is C11H10O6. The van der Waals surface area contributed by atoms with Crippen LogP contribution in [0.2, 0.25) is 0 Å². The van der Waals surface area contributed by atoms with Crippen molar-refractivity contribution in [3.63, 3.8) is 0 Å². The van der Waals surface area contributed by atoms with Crippen LogP contribution in [0.15, 0.2) is 18.2 Å². The van der Waals surface area contributed by atoms with Gasteiger partial charge in [-0.15, -0.1) is 0 Å². The first kappa shape index (κ1) is 12.7. The lowest BCUT2D eigenvalue weighted by atomic mass is 10.1. The van der Waals surface area contributed by atoms with E-state index in [1.165, 1.54) is 32.4 Å². The third kappa shape index (κ3) is 2.81. The van der Waals surface area contributed by atoms with Crippen molar-refractivity contribution in [3.8, 4) is 5.75 Å². The maximum absolute atomic E-state index is 11.4. The highest BCUT2D eigenvalue weighted by Gasteiger charge is 2.17. The second kappa shape index (κ2) is 5.64. The molecule has 0 unspecified atom stereocenters. The van der Waals surface area contributed by atoms with Crippen molar-refractivity contribution in [1.82, 2.24) is 0 Å². The van der Waals surface area contributed by atoms with E-state index in [4.69, 9.17) is 0 Å². The van der Waals surface area contributed by atoms with Crippen molar-refractivity contribution in [3.05, 3.63) is 29.3 Å². The summed E-state index contributed by atoms with van der Waals surface area (Å²) in [6, 6.07) is 3.92. The fraction of sp³-hybridized carbons (Fsp3) is 0.182. The average molecular weight is 238 g/mol. The first-order valence-corrected chi connectivity index (χ1v) is 4.55. The second-order valence-corrected chi connectivity index (χ2v) is 2.91. The largest absolute Gasteiger partial charge is 0.465 e. The van der Waals surface area contributed by atoms with Gasteiger partial charge in [0.05, 0.1) is 19.8 Å². The minimum atomic E-state index is -0.715. The molecule has 6 nitrogen and oxygen atoms in total. The SMILES string of the molecule is COC(=O)c1ccc(OC=O)c(C(=O)OC)c1. The fourth-order valence-corrected chi connectivity index (χ4v) is 1.20. The lowest BCUT2D eigenvalue weighted by molar-refractivity contribution is -0.120. The number of ether oxygens (including phenoxy) is 3. The summed E-state index contributed by atoms with van der Waals surface area (Å²) in [7, 11) is 2.40. The van der Waals surface area contributed by atoms with E-state index in [1.807, 2.05) is 0 Å². The van der Waals surface area contributed by atoms with E-state index >= 15 is 0 Å². The first-order valence-electron chi connectivity index (χ1n) is 4.55. The highest BCUT2D eigenvalue weighted by Crippen LogP contribution is 2.21. The summed E-state index contributed by atoms with van der Waals surface area (Å²) in [5.41, 5.74) is 0.133. The van der Waals surface area contributed by atoms with Gasteiger partial charge in [-0.3, -0.25) is 4.79 Å². The molecule has 1 rings (SSSR count). The standard InChI is InChI=1S/C11H10O6/c1-15-10(13)7-3-4-9(17-6-12)8(5-7)11(14)16-2/h3-6H,1-2H3. The summed E-state index contributed by atoms with van der Waals surface area (Å²) in [5.74, 6) is -1.31. The average Bonchev–Trinajstić information content (AvgIpc) is 2.37. The Kier molecular flexibility index (Phi) is 4.21. The minimum absolute atomic E-state index is 0.0134. The van der Waals surface area contributed by atoms with Crippen LogP contribution in [0.4, 0.5) is 0 Å². The summed E-state index contributed by atoms with van der Waals surface area (Å²) >= 11 is 0. The van der Waals surface area contributed by atoms with E-state index in [0.29, 0.717) is 0 Å². The zero-order valence-corrected chi connectivity index (χ0v) is 9.26. The predicted octanol–water partition coefficient (Wildman–Crippen LogP) is 0.795. The number of hydrogen-bond donors (Lipinski definition) is 0. The second-order valence-electron chi connectivity index (χ2n) is 2.91. The summed E-state index contributed by atoms with van der Waals surface area (Å²) < 4.78 is 13.6. The number of hydrogen-bond acceptors (Lipinski definition) is 6. The molecule has 0 radical (unpaired) electrons. The molecule has 0 aliphatic rings. The van der Waals surface area contributed by atoms with E-state index in [0.717, 1.165) is 0 Å². The molecule has 0 aliphatic heterocycles. The first-order chi connectivity index (χ1) is 8.13. The van der Waals surface area contributed by atoms with Gasteiger partial charge in [-0.25, -0.2) is 9.59 Å². The van der Waals surface area contributed by atoms with Gasteiger partial charge in [-0.05, 0) is 18.2 Å². The predicted molar refractivity (Wildman–Crippen MR) is 55.8 cm³/mol. The smallest absolute Gasteiger partial charge is 0.341 e. The maximum Gasteiger partial charge on any atom is 0.341 e. The van der Waals surface area contributed by atoms with Gasteiger partial charge in [0.2, 0.25) is 0 Å². The van der Waals surface area contributed by atoms with Gasteiger partial charge in [0.1, 0.15) is 11.3 Å². The molecule has 0 amide bonds. The van der Waals surface area contributed by atoms with E-state index in [1.54, 1.807) is 0 Å². The molecule has 0 fully saturated rings. The Bertz CT molecular complexity index is 451. The molecule has 6 heteroatoms. The highest BCUT2D eigenvalue weighted by molar-refractivity contribution is 5.97. The molecule has 0 aliphatic carbocycles. The van der Waals surface area contributed by atoms with E-state index in [-0.39, 0.29) is 23.3 Å². The molecule has 1 aromatic rings. The van der Waals surface area contributed by atoms with E-state index in [2.05, 4.69) is 14.2 Å². The summed E-state index contributed by atoms with van der Waals surface area (Å²) in [6.07, 6.45) is 0. The lowest BCUT2D eigenvalue weighted by Crippen LogP contribution is -2.08. The normalized spacial score (nSPS) is 9.29. The third-order valence-electron chi connectivity index (χ3n) is 1.98. The fourth-order valence-electron chi connectivity index (χ4n) is 1.20. The summed E-state index contributed by atoms with van der Waals surface area (Å²) in [6.45, 7) is 0.180. The van der Waals surface area contributed by atoms with Crippen LogP contribution in [-0.4, -0.2) is 32.6 Å². The van der Waals surface area contributed by atoms with Gasteiger partial charge in [-0.2, -0.15) is 0 Å². The molecule has 0 aromatic heterocycles. The van der Waals surface area contributed by atoms with Crippen LogP contribution in [0, 0.1) is 0 Å². The monoisotopic (exact) mass is 238 g/mol. The Balaban J connectivity index is 3.23. The zero-order valence-electron chi connectivity index (χ0n) is 9.26. The molecule has 0 spiro atoms. The Morgan fingerprint density at radius 1 is 1.12 bits per heavy atom. The molecule has 0 atom stereocenters. The molecule has 0 saturated heterocycles. The van der Waals surface area contributed by atoms with Crippen molar-refractivity contribution in [2.24, 2.45) is 0 Å². The third-order valence-corrected chi connectivity index (χ3v) is 1.98. The van der Waals surface area contributed by atoms with Crippen LogP contribution in [0.3, 0.4) is 0 Å². The van der Waals surface area contributed by atoms with Gasteiger partial charge in [0.15, 0.2) is 0 Å². The Hall–Kier alpha value is -2.37. The molecule has 0 N–H and O–H groups in total. The minimum Gasteiger partial charge on any atom is -0.465 e. The zero-order chi connectivity index (χ0) is 12.8. The number of methoxy groups -OCH3 is 2. The summed E-state index contributed by atoms with van der Waals surface area (Å²) in [4.78, 5) is 32.9. The van der Waals surface area contributed by atoms with Crippen molar-refractivity contribution in [1.29, 1.82) is 0 Å². The van der Waals surface area contributed by atoms with Crippen LogP contribution < -0.4 is 4.74 Å². The van der Waals surface area contributed by atoms with E-state index < -0.39 is 11.9 Å². The molecule has 17 heavy (non-hydrogen) atoms. The molecule has 1 aromatic carbocycles. The van der Waals surface area contributed by atoms with Crippen molar-refractivity contribution < 1.29 is 28.6 Å². The highest BCUT2D eigenvalue weighted by atomic mass is 16.5. The van der Waals surface area contributed by atoms with E-state index in [9.17, 15) is 14.4 Å². The number of rotatable bonds is 4. The summed E-state index contributed by atoms with van der Waals surface area (Å²) in [5, 5.41) is 0. The molecular weight excluding hydrogens is 228 g/mol. The van der Waals surface area contributed by atoms with Crippen molar-refractivity contribution in [2.75, 3.05) is 14.2 Å². The Morgan fingerprint density at radius 2 is 1.76 bits per heavy atom. The lowest BCUT2D eigenvalue weighted by Gasteiger charge is -2.07. The number of carbonyl (C=O) groups is 3. The van der Waals surface area contributed by atoms with Gasteiger partial charge in [-0.1, -0.05) is 0 Å².